The highest BCUT2D eigenvalue weighted by Gasteiger charge is 2.35. The van der Waals surface area contributed by atoms with Crippen LogP contribution in [0.1, 0.15) is 25.7 Å². The summed E-state index contributed by atoms with van der Waals surface area (Å²) in [6.07, 6.45) is 4.88. The lowest BCUT2D eigenvalue weighted by Gasteiger charge is -2.35. The van der Waals surface area contributed by atoms with Crippen LogP contribution in [0.5, 0.6) is 5.75 Å². The van der Waals surface area contributed by atoms with Gasteiger partial charge in [-0.3, -0.25) is 9.69 Å². The number of rotatable bonds is 5. The molecule has 2 saturated heterocycles. The fourth-order valence-electron chi connectivity index (χ4n) is 3.62. The summed E-state index contributed by atoms with van der Waals surface area (Å²) in [4.78, 5) is 14.4. The minimum Gasteiger partial charge on any atom is -0.497 e. The van der Waals surface area contributed by atoms with Crippen molar-refractivity contribution in [2.45, 2.75) is 43.8 Å². The van der Waals surface area contributed by atoms with Crippen LogP contribution in [-0.4, -0.2) is 49.6 Å². The second-order valence-corrected chi connectivity index (χ2v) is 6.45. The lowest BCUT2D eigenvalue weighted by Crippen LogP contribution is -2.48. The summed E-state index contributed by atoms with van der Waals surface area (Å²) >= 11 is 0. The largest absolute Gasteiger partial charge is 0.497 e. The highest BCUT2D eigenvalue weighted by atomic mass is 16.5. The summed E-state index contributed by atoms with van der Waals surface area (Å²) in [5, 5.41) is 6.59. The summed E-state index contributed by atoms with van der Waals surface area (Å²) in [5.41, 5.74) is 0.810. The van der Waals surface area contributed by atoms with Gasteiger partial charge >= 0.3 is 0 Å². The zero-order valence-corrected chi connectivity index (χ0v) is 13.3. The number of fused-ring (bicyclic) bond motifs is 2. The smallest absolute Gasteiger partial charge is 0.238 e. The van der Waals surface area contributed by atoms with Crippen molar-refractivity contribution in [2.24, 2.45) is 0 Å². The Hall–Kier alpha value is -1.59. The number of methoxy groups -OCH3 is 1. The summed E-state index contributed by atoms with van der Waals surface area (Å²) in [6, 6.07) is 9.24. The van der Waals surface area contributed by atoms with Gasteiger partial charge in [-0.2, -0.15) is 0 Å². The first kappa shape index (κ1) is 15.3. The van der Waals surface area contributed by atoms with Crippen molar-refractivity contribution in [3.63, 3.8) is 0 Å². The summed E-state index contributed by atoms with van der Waals surface area (Å²) in [5.74, 6) is 0.832. The molecule has 0 radical (unpaired) electrons. The Morgan fingerprint density at radius 2 is 1.91 bits per heavy atom. The van der Waals surface area contributed by atoms with Crippen molar-refractivity contribution in [1.82, 2.24) is 10.2 Å². The Kier molecular flexibility index (Phi) is 4.64. The number of ether oxygens (including phenoxy) is 1. The molecule has 22 heavy (non-hydrogen) atoms. The molecular weight excluding hydrogens is 278 g/mol. The number of benzene rings is 1. The molecule has 2 N–H and O–H groups in total. The van der Waals surface area contributed by atoms with Gasteiger partial charge in [-0.05, 0) is 57.0 Å². The van der Waals surface area contributed by atoms with Crippen LogP contribution in [0.2, 0.25) is 0 Å². The number of nitrogens with one attached hydrogen (secondary N) is 2. The first-order valence-corrected chi connectivity index (χ1v) is 8.04. The van der Waals surface area contributed by atoms with Gasteiger partial charge in [0, 0.05) is 23.8 Å². The Morgan fingerprint density at radius 1 is 1.27 bits per heavy atom. The van der Waals surface area contributed by atoms with Gasteiger partial charge in [-0.15, -0.1) is 0 Å². The zero-order chi connectivity index (χ0) is 15.5. The monoisotopic (exact) mass is 303 g/mol. The maximum Gasteiger partial charge on any atom is 0.238 e. The first-order valence-electron chi connectivity index (χ1n) is 8.04. The topological polar surface area (TPSA) is 53.6 Å². The molecule has 2 aliphatic rings. The quantitative estimate of drug-likeness (QED) is 0.871. The van der Waals surface area contributed by atoms with Gasteiger partial charge in [0.25, 0.3) is 0 Å². The van der Waals surface area contributed by atoms with Gasteiger partial charge in [0.2, 0.25) is 5.91 Å². The van der Waals surface area contributed by atoms with E-state index in [-0.39, 0.29) is 5.91 Å². The number of hydrogen-bond donors (Lipinski definition) is 2. The third kappa shape index (κ3) is 3.59. The van der Waals surface area contributed by atoms with E-state index in [9.17, 15) is 4.79 Å². The van der Waals surface area contributed by atoms with Crippen LogP contribution in [0, 0.1) is 0 Å². The minimum atomic E-state index is 0.0403. The summed E-state index contributed by atoms with van der Waals surface area (Å²) < 4.78 is 5.12. The molecule has 2 unspecified atom stereocenters. The molecule has 2 fully saturated rings. The van der Waals surface area contributed by atoms with Gasteiger partial charge in [0.15, 0.2) is 0 Å². The first-order chi connectivity index (χ1) is 10.6. The number of carbonyl (C=O) groups is 1. The van der Waals surface area contributed by atoms with E-state index in [0.29, 0.717) is 24.7 Å². The molecule has 0 aromatic heterocycles. The third-order valence-corrected chi connectivity index (χ3v) is 4.84. The van der Waals surface area contributed by atoms with Crippen LogP contribution in [0.25, 0.3) is 0 Å². The molecule has 5 nitrogen and oxygen atoms in total. The highest BCUT2D eigenvalue weighted by molar-refractivity contribution is 5.92. The average molecular weight is 303 g/mol. The molecule has 120 valence electrons. The van der Waals surface area contributed by atoms with Crippen molar-refractivity contribution in [3.05, 3.63) is 24.3 Å². The van der Waals surface area contributed by atoms with E-state index < -0.39 is 0 Å². The molecule has 2 bridgehead atoms. The maximum atomic E-state index is 12.2. The molecule has 2 aliphatic heterocycles. The molecule has 0 aliphatic carbocycles. The molecule has 2 atom stereocenters. The Morgan fingerprint density at radius 3 is 2.50 bits per heavy atom. The molecule has 1 amide bonds. The minimum absolute atomic E-state index is 0.0403. The Bertz CT molecular complexity index is 505. The number of amides is 1. The highest BCUT2D eigenvalue weighted by Crippen LogP contribution is 2.29. The Labute approximate surface area is 132 Å². The van der Waals surface area contributed by atoms with Crippen molar-refractivity contribution < 1.29 is 9.53 Å². The fourth-order valence-corrected chi connectivity index (χ4v) is 3.62. The van der Waals surface area contributed by atoms with Crippen LogP contribution < -0.4 is 15.4 Å². The molecule has 2 heterocycles. The third-order valence-electron chi connectivity index (χ3n) is 4.84. The standard InChI is InChI=1S/C17H25N3O2/c1-20(15-9-13-3-4-14(10-15)18-13)11-17(21)19-12-5-7-16(22-2)8-6-12/h5-8,13-15,18H,3-4,9-11H2,1-2H3,(H,19,21). The van der Waals surface area contributed by atoms with Crippen LogP contribution in [-0.2, 0) is 4.79 Å². The van der Waals surface area contributed by atoms with Crippen molar-refractivity contribution in [3.8, 4) is 5.75 Å². The van der Waals surface area contributed by atoms with Crippen LogP contribution in [0.15, 0.2) is 24.3 Å². The lowest BCUT2D eigenvalue weighted by molar-refractivity contribution is -0.117. The summed E-state index contributed by atoms with van der Waals surface area (Å²) in [6.45, 7) is 0.441. The van der Waals surface area contributed by atoms with Gasteiger partial charge in [0.1, 0.15) is 5.75 Å². The van der Waals surface area contributed by atoms with Crippen LogP contribution in [0.4, 0.5) is 5.69 Å². The second kappa shape index (κ2) is 6.67. The molecular formula is C17H25N3O2. The lowest BCUT2D eigenvalue weighted by atomic mass is 9.98. The van der Waals surface area contributed by atoms with E-state index in [2.05, 4.69) is 22.6 Å². The van der Waals surface area contributed by atoms with Gasteiger partial charge in [-0.25, -0.2) is 0 Å². The molecule has 5 heteroatoms. The SMILES string of the molecule is COc1ccc(NC(=O)CN(C)C2CC3CCC(C2)N3)cc1. The number of likely N-dealkylation sites (N-methyl/N-ethyl adjacent to an activating group) is 1. The maximum absolute atomic E-state index is 12.2. The van der Waals surface area contributed by atoms with E-state index >= 15 is 0 Å². The number of piperidine rings is 1. The van der Waals surface area contributed by atoms with E-state index in [1.165, 1.54) is 12.8 Å². The molecule has 3 rings (SSSR count). The summed E-state index contributed by atoms with van der Waals surface area (Å²) in [7, 11) is 3.69. The Balaban J connectivity index is 1.50. The average Bonchev–Trinajstić information content (AvgIpc) is 2.86. The normalized spacial score (nSPS) is 27.0. The number of nitrogens with zero attached hydrogens (tertiary/aromatic N) is 1. The van der Waals surface area contributed by atoms with Crippen LogP contribution >= 0.6 is 0 Å². The van der Waals surface area contributed by atoms with Crippen molar-refractivity contribution in [1.29, 1.82) is 0 Å². The number of anilines is 1. The molecule has 1 aromatic rings. The van der Waals surface area contributed by atoms with E-state index in [1.807, 2.05) is 24.3 Å². The van der Waals surface area contributed by atoms with E-state index in [4.69, 9.17) is 4.74 Å². The molecule has 1 aromatic carbocycles. The van der Waals surface area contributed by atoms with Crippen LogP contribution in [0.3, 0.4) is 0 Å². The second-order valence-electron chi connectivity index (χ2n) is 6.45. The predicted octanol–water partition coefficient (Wildman–Crippen LogP) is 1.85. The number of carbonyl (C=O) groups excluding carboxylic acids is 1. The predicted molar refractivity (Wildman–Crippen MR) is 87.2 cm³/mol. The zero-order valence-electron chi connectivity index (χ0n) is 13.3. The molecule has 0 saturated carbocycles. The fraction of sp³-hybridized carbons (Fsp3) is 0.588. The molecule has 0 spiro atoms. The number of hydrogen-bond acceptors (Lipinski definition) is 4. The van der Waals surface area contributed by atoms with E-state index in [1.54, 1.807) is 7.11 Å². The van der Waals surface area contributed by atoms with Crippen molar-refractivity contribution >= 4 is 11.6 Å². The van der Waals surface area contributed by atoms with Crippen molar-refractivity contribution in [2.75, 3.05) is 26.0 Å². The van der Waals surface area contributed by atoms with Gasteiger partial charge in [0.05, 0.1) is 13.7 Å². The van der Waals surface area contributed by atoms with Gasteiger partial charge < -0.3 is 15.4 Å². The van der Waals surface area contributed by atoms with Gasteiger partial charge in [-0.1, -0.05) is 0 Å². The van der Waals surface area contributed by atoms with E-state index in [0.717, 1.165) is 24.3 Å².